The number of hydrogen-bond donors (Lipinski definition) is 1. The van der Waals surface area contributed by atoms with Crippen LogP contribution in [0, 0.1) is 11.6 Å². The standard InChI is InChI=1S/C15H14F2N4O2/c1-21(2)15(22)10-5-18-6-13(19-10)20-11-7-23-12-4-8(16)3-9(17)14(11)12/h3-6,11H,7H2,1-2H3,(H,19,20). The zero-order valence-electron chi connectivity index (χ0n) is 12.5. The third-order valence-corrected chi connectivity index (χ3v) is 3.39. The Morgan fingerprint density at radius 2 is 2.13 bits per heavy atom. The lowest BCUT2D eigenvalue weighted by Crippen LogP contribution is -2.23. The van der Waals surface area contributed by atoms with Gasteiger partial charge in [-0.05, 0) is 0 Å². The van der Waals surface area contributed by atoms with Crippen molar-refractivity contribution in [3.63, 3.8) is 0 Å². The van der Waals surface area contributed by atoms with Crippen molar-refractivity contribution in [2.45, 2.75) is 6.04 Å². The van der Waals surface area contributed by atoms with Crippen molar-refractivity contribution in [3.05, 3.63) is 47.4 Å². The number of benzene rings is 1. The van der Waals surface area contributed by atoms with Crippen LogP contribution in [0.3, 0.4) is 0 Å². The van der Waals surface area contributed by atoms with Gasteiger partial charge in [0.05, 0.1) is 24.0 Å². The molecule has 0 spiro atoms. The first kappa shape index (κ1) is 15.1. The molecule has 1 aromatic carbocycles. The Morgan fingerprint density at radius 1 is 1.35 bits per heavy atom. The van der Waals surface area contributed by atoms with Crippen molar-refractivity contribution in [2.75, 3.05) is 26.0 Å². The van der Waals surface area contributed by atoms with Crippen LogP contribution < -0.4 is 10.1 Å². The van der Waals surface area contributed by atoms with E-state index in [9.17, 15) is 13.6 Å². The number of aromatic nitrogens is 2. The Balaban J connectivity index is 1.85. The van der Waals surface area contributed by atoms with Crippen LogP contribution >= 0.6 is 0 Å². The molecule has 0 saturated carbocycles. The van der Waals surface area contributed by atoms with Gasteiger partial charge in [-0.1, -0.05) is 0 Å². The third kappa shape index (κ3) is 2.92. The Morgan fingerprint density at radius 3 is 2.87 bits per heavy atom. The monoisotopic (exact) mass is 320 g/mol. The van der Waals surface area contributed by atoms with E-state index in [-0.39, 0.29) is 29.5 Å². The largest absolute Gasteiger partial charge is 0.490 e. The number of halogens is 2. The Hall–Kier alpha value is -2.77. The van der Waals surface area contributed by atoms with Gasteiger partial charge in [-0.3, -0.25) is 9.78 Å². The zero-order chi connectivity index (χ0) is 16.6. The van der Waals surface area contributed by atoms with Gasteiger partial charge >= 0.3 is 0 Å². The van der Waals surface area contributed by atoms with Gasteiger partial charge < -0.3 is 15.0 Å². The van der Waals surface area contributed by atoms with E-state index in [1.54, 1.807) is 14.1 Å². The fourth-order valence-electron chi connectivity index (χ4n) is 2.34. The average molecular weight is 320 g/mol. The van der Waals surface area contributed by atoms with Gasteiger partial charge in [-0.15, -0.1) is 0 Å². The van der Waals surface area contributed by atoms with E-state index in [0.29, 0.717) is 5.82 Å². The van der Waals surface area contributed by atoms with Crippen molar-refractivity contribution < 1.29 is 18.3 Å². The molecule has 23 heavy (non-hydrogen) atoms. The van der Waals surface area contributed by atoms with Crippen molar-refractivity contribution in [2.24, 2.45) is 0 Å². The summed E-state index contributed by atoms with van der Waals surface area (Å²) < 4.78 is 32.4. The Labute approximate surface area is 131 Å². The minimum absolute atomic E-state index is 0.128. The van der Waals surface area contributed by atoms with Crippen LogP contribution in [-0.4, -0.2) is 41.5 Å². The Kier molecular flexibility index (Phi) is 3.81. The topological polar surface area (TPSA) is 67.4 Å². The van der Waals surface area contributed by atoms with Crippen molar-refractivity contribution in [1.82, 2.24) is 14.9 Å². The molecule has 1 aromatic heterocycles. The van der Waals surface area contributed by atoms with Crippen LogP contribution in [0.25, 0.3) is 0 Å². The minimum Gasteiger partial charge on any atom is -0.490 e. The molecule has 1 aliphatic rings. The fourth-order valence-corrected chi connectivity index (χ4v) is 2.34. The van der Waals surface area contributed by atoms with Gasteiger partial charge in [0.1, 0.15) is 35.5 Å². The maximum Gasteiger partial charge on any atom is 0.273 e. The van der Waals surface area contributed by atoms with Crippen LogP contribution in [0.15, 0.2) is 24.5 Å². The van der Waals surface area contributed by atoms with E-state index in [4.69, 9.17) is 4.74 Å². The highest BCUT2D eigenvalue weighted by molar-refractivity contribution is 5.91. The van der Waals surface area contributed by atoms with E-state index < -0.39 is 17.7 Å². The van der Waals surface area contributed by atoms with Crippen molar-refractivity contribution >= 4 is 11.7 Å². The number of carbonyl (C=O) groups excluding carboxylic acids is 1. The van der Waals surface area contributed by atoms with E-state index in [1.165, 1.54) is 17.3 Å². The first-order valence-corrected chi connectivity index (χ1v) is 6.87. The SMILES string of the molecule is CN(C)C(=O)c1cncc(NC2COc3cc(F)cc(F)c32)n1. The predicted molar refractivity (Wildman–Crippen MR) is 78.3 cm³/mol. The van der Waals surface area contributed by atoms with Gasteiger partial charge in [0.25, 0.3) is 5.91 Å². The summed E-state index contributed by atoms with van der Waals surface area (Å²) in [6, 6.07) is 1.40. The number of nitrogens with zero attached hydrogens (tertiary/aromatic N) is 3. The minimum atomic E-state index is -0.694. The Bertz CT molecular complexity index is 767. The van der Waals surface area contributed by atoms with Gasteiger partial charge in [0.2, 0.25) is 0 Å². The second kappa shape index (κ2) is 5.79. The first-order valence-electron chi connectivity index (χ1n) is 6.87. The molecule has 0 fully saturated rings. The number of carbonyl (C=O) groups is 1. The molecule has 0 saturated heterocycles. The summed E-state index contributed by atoms with van der Waals surface area (Å²) in [5, 5.41) is 2.96. The molecule has 3 rings (SSSR count). The molecule has 1 atom stereocenters. The van der Waals surface area contributed by atoms with Crippen LogP contribution in [-0.2, 0) is 0 Å². The normalized spacial score (nSPS) is 15.7. The lowest BCUT2D eigenvalue weighted by molar-refractivity contribution is 0.0821. The second-order valence-electron chi connectivity index (χ2n) is 5.30. The molecule has 1 amide bonds. The molecule has 1 N–H and O–H groups in total. The summed E-state index contributed by atoms with van der Waals surface area (Å²) in [4.78, 5) is 21.4. The molecule has 0 aliphatic carbocycles. The van der Waals surface area contributed by atoms with Crippen molar-refractivity contribution in [3.8, 4) is 5.75 Å². The highest BCUT2D eigenvalue weighted by Gasteiger charge is 2.29. The molecule has 2 heterocycles. The molecule has 8 heteroatoms. The number of fused-ring (bicyclic) bond motifs is 1. The fraction of sp³-hybridized carbons (Fsp3) is 0.267. The number of anilines is 1. The molecule has 6 nitrogen and oxygen atoms in total. The molecular weight excluding hydrogens is 306 g/mol. The lowest BCUT2D eigenvalue weighted by atomic mass is 10.1. The summed E-state index contributed by atoms with van der Waals surface area (Å²) >= 11 is 0. The van der Waals surface area contributed by atoms with E-state index in [1.807, 2.05) is 0 Å². The molecule has 0 bridgehead atoms. The molecule has 120 valence electrons. The lowest BCUT2D eigenvalue weighted by Gasteiger charge is -2.14. The van der Waals surface area contributed by atoms with Crippen LogP contribution in [0.2, 0.25) is 0 Å². The molecule has 1 unspecified atom stereocenters. The second-order valence-corrected chi connectivity index (χ2v) is 5.30. The highest BCUT2D eigenvalue weighted by Crippen LogP contribution is 2.36. The number of hydrogen-bond acceptors (Lipinski definition) is 5. The molecule has 0 radical (unpaired) electrons. The summed E-state index contributed by atoms with van der Waals surface area (Å²) in [6.07, 6.45) is 2.77. The van der Waals surface area contributed by atoms with Crippen LogP contribution in [0.4, 0.5) is 14.6 Å². The summed E-state index contributed by atoms with van der Waals surface area (Å²) in [6.45, 7) is 0.128. The molecule has 1 aliphatic heterocycles. The molecular formula is C15H14F2N4O2. The highest BCUT2D eigenvalue weighted by atomic mass is 19.1. The first-order chi connectivity index (χ1) is 11.0. The van der Waals surface area contributed by atoms with Gasteiger partial charge in [-0.2, -0.15) is 0 Å². The van der Waals surface area contributed by atoms with Gasteiger partial charge in [0.15, 0.2) is 0 Å². The van der Waals surface area contributed by atoms with Gasteiger partial charge in [0, 0.05) is 26.2 Å². The quantitative estimate of drug-likeness (QED) is 0.937. The third-order valence-electron chi connectivity index (χ3n) is 3.39. The number of rotatable bonds is 3. The summed E-state index contributed by atoms with van der Waals surface area (Å²) in [5.41, 5.74) is 0.399. The average Bonchev–Trinajstić information content (AvgIpc) is 2.89. The number of nitrogens with one attached hydrogen (secondary N) is 1. The number of ether oxygens (including phenoxy) is 1. The predicted octanol–water partition coefficient (Wildman–Crippen LogP) is 2.00. The van der Waals surface area contributed by atoms with Gasteiger partial charge in [-0.25, -0.2) is 13.8 Å². The van der Waals surface area contributed by atoms with E-state index >= 15 is 0 Å². The van der Waals surface area contributed by atoms with Crippen molar-refractivity contribution in [1.29, 1.82) is 0 Å². The molecule has 2 aromatic rings. The zero-order valence-corrected chi connectivity index (χ0v) is 12.5. The maximum absolute atomic E-state index is 14.0. The van der Waals surface area contributed by atoms with Crippen LogP contribution in [0.5, 0.6) is 5.75 Å². The van der Waals surface area contributed by atoms with E-state index in [2.05, 4.69) is 15.3 Å². The smallest absolute Gasteiger partial charge is 0.273 e. The maximum atomic E-state index is 14.0. The summed E-state index contributed by atoms with van der Waals surface area (Å²) in [7, 11) is 3.21. The number of amides is 1. The van der Waals surface area contributed by atoms with E-state index in [0.717, 1.165) is 12.1 Å². The summed E-state index contributed by atoms with van der Waals surface area (Å²) in [5.74, 6) is -1.21. The van der Waals surface area contributed by atoms with Crippen LogP contribution in [0.1, 0.15) is 22.1 Å².